The molecule has 0 bridgehead atoms. The molecular weight excluding hydrogens is 304 g/mol. The normalized spacial score (nSPS) is 11.2. The molecule has 0 fully saturated rings. The fraction of sp³-hybridized carbons (Fsp3) is 0.200. The maximum absolute atomic E-state index is 12.1. The summed E-state index contributed by atoms with van der Waals surface area (Å²) in [6, 6.07) is 10.2. The maximum Gasteiger partial charge on any atom is 0.357 e. The van der Waals surface area contributed by atoms with Crippen molar-refractivity contribution in [1.82, 2.24) is 4.98 Å². The van der Waals surface area contributed by atoms with Crippen molar-refractivity contribution in [2.24, 2.45) is 0 Å². The standard InChI is InChI=1S/C15H16N2O4S/c1-3-21-15(18)13-11(10-7-5-4-6-8-10)9-12(14(16)17-13)22(2,19)20/h4-9H,3H2,1-2H3,(H2,16,17). The van der Waals surface area contributed by atoms with E-state index in [4.69, 9.17) is 10.5 Å². The Morgan fingerprint density at radius 2 is 1.91 bits per heavy atom. The summed E-state index contributed by atoms with van der Waals surface area (Å²) >= 11 is 0. The second-order valence-corrected chi connectivity index (χ2v) is 6.61. The molecule has 0 aliphatic carbocycles. The molecule has 7 heteroatoms. The number of carbonyl (C=O) groups excluding carboxylic acids is 1. The summed E-state index contributed by atoms with van der Waals surface area (Å²) in [4.78, 5) is 15.9. The van der Waals surface area contributed by atoms with E-state index < -0.39 is 15.8 Å². The Labute approximate surface area is 128 Å². The molecule has 0 atom stereocenters. The molecule has 0 spiro atoms. The molecule has 22 heavy (non-hydrogen) atoms. The highest BCUT2D eigenvalue weighted by Crippen LogP contribution is 2.29. The maximum atomic E-state index is 12.1. The number of sulfone groups is 1. The minimum atomic E-state index is -3.56. The molecule has 0 radical (unpaired) electrons. The predicted molar refractivity (Wildman–Crippen MR) is 83.2 cm³/mol. The highest BCUT2D eigenvalue weighted by molar-refractivity contribution is 7.90. The third-order valence-electron chi connectivity index (χ3n) is 2.97. The molecule has 2 aromatic rings. The molecule has 2 rings (SSSR count). The summed E-state index contributed by atoms with van der Waals surface area (Å²) in [6.07, 6.45) is 1.04. The SMILES string of the molecule is CCOC(=O)c1nc(N)c(S(C)(=O)=O)cc1-c1ccccc1. The van der Waals surface area contributed by atoms with E-state index in [1.807, 2.05) is 6.07 Å². The van der Waals surface area contributed by atoms with Gasteiger partial charge in [0.05, 0.1) is 6.61 Å². The van der Waals surface area contributed by atoms with Gasteiger partial charge < -0.3 is 10.5 Å². The van der Waals surface area contributed by atoms with E-state index in [9.17, 15) is 13.2 Å². The smallest absolute Gasteiger partial charge is 0.357 e. The van der Waals surface area contributed by atoms with Gasteiger partial charge in [-0.25, -0.2) is 18.2 Å². The average molecular weight is 320 g/mol. The molecule has 6 nitrogen and oxygen atoms in total. The molecule has 116 valence electrons. The second-order valence-electron chi connectivity index (χ2n) is 4.63. The van der Waals surface area contributed by atoms with Crippen LogP contribution in [-0.2, 0) is 14.6 Å². The van der Waals surface area contributed by atoms with Gasteiger partial charge in [0.25, 0.3) is 0 Å². The number of nitrogens with zero attached hydrogens (tertiary/aromatic N) is 1. The summed E-state index contributed by atoms with van der Waals surface area (Å²) in [5.74, 6) is -0.863. The van der Waals surface area contributed by atoms with Gasteiger partial charge >= 0.3 is 5.97 Å². The Morgan fingerprint density at radius 1 is 1.27 bits per heavy atom. The largest absolute Gasteiger partial charge is 0.461 e. The molecule has 1 aromatic carbocycles. The molecule has 0 aliphatic heterocycles. The van der Waals surface area contributed by atoms with Crippen molar-refractivity contribution in [2.75, 3.05) is 18.6 Å². The van der Waals surface area contributed by atoms with Crippen LogP contribution in [0.1, 0.15) is 17.4 Å². The fourth-order valence-electron chi connectivity index (χ4n) is 2.00. The van der Waals surface area contributed by atoms with E-state index in [0.29, 0.717) is 11.1 Å². The van der Waals surface area contributed by atoms with E-state index in [1.54, 1.807) is 31.2 Å². The van der Waals surface area contributed by atoms with Gasteiger partial charge in [-0.15, -0.1) is 0 Å². The van der Waals surface area contributed by atoms with Crippen LogP contribution in [-0.4, -0.2) is 32.2 Å². The van der Waals surface area contributed by atoms with Gasteiger partial charge in [-0.1, -0.05) is 30.3 Å². The van der Waals surface area contributed by atoms with Gasteiger partial charge in [0.15, 0.2) is 15.5 Å². The lowest BCUT2D eigenvalue weighted by Crippen LogP contribution is -2.13. The Kier molecular flexibility index (Phi) is 4.46. The Hall–Kier alpha value is -2.41. The number of aromatic nitrogens is 1. The predicted octanol–water partition coefficient (Wildman–Crippen LogP) is 1.91. The van der Waals surface area contributed by atoms with Crippen LogP contribution in [0.25, 0.3) is 11.1 Å². The van der Waals surface area contributed by atoms with Gasteiger partial charge in [0.2, 0.25) is 0 Å². The number of nitrogens with two attached hydrogens (primary N) is 1. The molecule has 0 unspecified atom stereocenters. The summed E-state index contributed by atoms with van der Waals surface area (Å²) in [6.45, 7) is 1.86. The monoisotopic (exact) mass is 320 g/mol. The summed E-state index contributed by atoms with van der Waals surface area (Å²) in [7, 11) is -3.56. The van der Waals surface area contributed by atoms with Crippen LogP contribution in [0.15, 0.2) is 41.3 Å². The number of esters is 1. The number of rotatable bonds is 4. The van der Waals surface area contributed by atoms with Crippen molar-refractivity contribution in [3.8, 4) is 11.1 Å². The Bertz CT molecular complexity index is 802. The highest BCUT2D eigenvalue weighted by atomic mass is 32.2. The lowest BCUT2D eigenvalue weighted by atomic mass is 10.0. The molecule has 2 N–H and O–H groups in total. The zero-order valence-electron chi connectivity index (χ0n) is 12.2. The van der Waals surface area contributed by atoms with Crippen molar-refractivity contribution < 1.29 is 17.9 Å². The number of hydrogen-bond donors (Lipinski definition) is 1. The van der Waals surface area contributed by atoms with E-state index in [-0.39, 0.29) is 23.0 Å². The van der Waals surface area contributed by atoms with Crippen LogP contribution in [0, 0.1) is 0 Å². The highest BCUT2D eigenvalue weighted by Gasteiger charge is 2.22. The lowest BCUT2D eigenvalue weighted by Gasteiger charge is -2.12. The van der Waals surface area contributed by atoms with E-state index in [2.05, 4.69) is 4.98 Å². The first-order chi connectivity index (χ1) is 10.3. The molecule has 0 saturated carbocycles. The van der Waals surface area contributed by atoms with Crippen LogP contribution in [0.5, 0.6) is 0 Å². The van der Waals surface area contributed by atoms with Crippen molar-refractivity contribution >= 4 is 21.6 Å². The fourth-order valence-corrected chi connectivity index (χ4v) is 2.76. The topological polar surface area (TPSA) is 99.3 Å². The first kappa shape index (κ1) is 16.0. The minimum Gasteiger partial charge on any atom is -0.461 e. The minimum absolute atomic E-state index is 0.00190. The molecule has 1 heterocycles. The van der Waals surface area contributed by atoms with Crippen LogP contribution >= 0.6 is 0 Å². The average Bonchev–Trinajstić information content (AvgIpc) is 2.47. The van der Waals surface area contributed by atoms with Gasteiger partial charge in [0, 0.05) is 11.8 Å². The van der Waals surface area contributed by atoms with Crippen LogP contribution in [0.3, 0.4) is 0 Å². The van der Waals surface area contributed by atoms with Gasteiger partial charge in [-0.05, 0) is 18.6 Å². The van der Waals surface area contributed by atoms with E-state index in [1.165, 1.54) is 6.07 Å². The Balaban J connectivity index is 2.74. The molecule has 0 saturated heterocycles. The summed E-state index contributed by atoms with van der Waals surface area (Å²) < 4.78 is 28.6. The van der Waals surface area contributed by atoms with E-state index in [0.717, 1.165) is 6.26 Å². The number of nitrogen functional groups attached to an aromatic ring is 1. The first-order valence-corrected chi connectivity index (χ1v) is 8.47. The zero-order chi connectivity index (χ0) is 16.3. The van der Waals surface area contributed by atoms with Gasteiger partial charge in [-0.3, -0.25) is 0 Å². The summed E-state index contributed by atoms with van der Waals surface area (Å²) in [5.41, 5.74) is 6.71. The van der Waals surface area contributed by atoms with Gasteiger partial charge in [-0.2, -0.15) is 0 Å². The van der Waals surface area contributed by atoms with Crippen molar-refractivity contribution in [2.45, 2.75) is 11.8 Å². The number of ether oxygens (including phenoxy) is 1. The number of hydrogen-bond acceptors (Lipinski definition) is 6. The van der Waals surface area contributed by atoms with Crippen LogP contribution in [0.4, 0.5) is 5.82 Å². The summed E-state index contributed by atoms with van der Waals surface area (Å²) in [5, 5.41) is 0. The number of carbonyl (C=O) groups is 1. The quantitative estimate of drug-likeness (QED) is 0.864. The number of benzene rings is 1. The van der Waals surface area contributed by atoms with Crippen molar-refractivity contribution in [1.29, 1.82) is 0 Å². The molecular formula is C15H16N2O4S. The second kappa shape index (κ2) is 6.15. The number of pyridine rings is 1. The third kappa shape index (κ3) is 3.25. The van der Waals surface area contributed by atoms with Crippen molar-refractivity contribution in [3.05, 3.63) is 42.1 Å². The van der Waals surface area contributed by atoms with Crippen LogP contribution < -0.4 is 5.73 Å². The molecule has 0 aliphatic rings. The Morgan fingerprint density at radius 3 is 2.45 bits per heavy atom. The zero-order valence-corrected chi connectivity index (χ0v) is 13.1. The molecule has 1 aromatic heterocycles. The first-order valence-electron chi connectivity index (χ1n) is 6.57. The van der Waals surface area contributed by atoms with Crippen molar-refractivity contribution in [3.63, 3.8) is 0 Å². The van der Waals surface area contributed by atoms with E-state index >= 15 is 0 Å². The van der Waals surface area contributed by atoms with Crippen LogP contribution in [0.2, 0.25) is 0 Å². The lowest BCUT2D eigenvalue weighted by molar-refractivity contribution is 0.0520. The third-order valence-corrected chi connectivity index (χ3v) is 4.09. The molecule has 0 amide bonds. The van der Waals surface area contributed by atoms with Gasteiger partial charge in [0.1, 0.15) is 10.7 Å². The number of anilines is 1.